The lowest BCUT2D eigenvalue weighted by molar-refractivity contribution is -0.142. The van der Waals surface area contributed by atoms with E-state index in [1.54, 1.807) is 0 Å². The van der Waals surface area contributed by atoms with Gasteiger partial charge in [-0.2, -0.15) is 12.7 Å². The largest absolute Gasteiger partial charge is 0.480 e. The predicted molar refractivity (Wildman–Crippen MR) is 68.3 cm³/mol. The highest BCUT2D eigenvalue weighted by molar-refractivity contribution is 7.87. The van der Waals surface area contributed by atoms with Crippen LogP contribution in [0.5, 0.6) is 0 Å². The van der Waals surface area contributed by atoms with Crippen LogP contribution in [0.1, 0.15) is 32.6 Å². The number of piperidine rings is 1. The first-order valence-corrected chi connectivity index (χ1v) is 7.53. The van der Waals surface area contributed by atoms with Crippen LogP contribution in [0.3, 0.4) is 0 Å². The lowest BCUT2D eigenvalue weighted by Gasteiger charge is -2.31. The third kappa shape index (κ3) is 4.08. The Balaban J connectivity index is 2.66. The molecule has 1 aliphatic heterocycles. The van der Waals surface area contributed by atoms with E-state index in [-0.39, 0.29) is 13.1 Å². The zero-order chi connectivity index (χ0) is 13.6. The van der Waals surface area contributed by atoms with E-state index in [0.29, 0.717) is 19.3 Å². The molecule has 0 aromatic carbocycles. The molecule has 0 aromatic heterocycles. The van der Waals surface area contributed by atoms with E-state index >= 15 is 0 Å². The summed E-state index contributed by atoms with van der Waals surface area (Å²) in [6.45, 7) is 2.42. The number of rotatable bonds is 6. The van der Waals surface area contributed by atoms with E-state index in [2.05, 4.69) is 4.72 Å². The number of hydrogen-bond donors (Lipinski definition) is 2. The van der Waals surface area contributed by atoms with Gasteiger partial charge < -0.3 is 5.11 Å². The molecule has 1 atom stereocenters. The van der Waals surface area contributed by atoms with Crippen LogP contribution in [-0.4, -0.2) is 42.9 Å². The average Bonchev–Trinajstić information content (AvgIpc) is 2.35. The number of allylic oxidation sites excluding steroid dienone is 1. The Labute approximate surface area is 108 Å². The molecule has 1 unspecified atom stereocenters. The van der Waals surface area contributed by atoms with Crippen molar-refractivity contribution < 1.29 is 18.3 Å². The van der Waals surface area contributed by atoms with Crippen LogP contribution in [0.2, 0.25) is 0 Å². The number of hydrogen-bond acceptors (Lipinski definition) is 3. The van der Waals surface area contributed by atoms with Gasteiger partial charge in [0, 0.05) is 13.1 Å². The molecule has 1 heterocycles. The molecule has 6 nitrogen and oxygen atoms in total. The van der Waals surface area contributed by atoms with E-state index in [0.717, 1.165) is 10.7 Å². The highest BCUT2D eigenvalue weighted by Crippen LogP contribution is 2.19. The number of nitrogens with one attached hydrogen (secondary N) is 1. The Morgan fingerprint density at radius 1 is 1.50 bits per heavy atom. The summed E-state index contributed by atoms with van der Waals surface area (Å²) in [4.78, 5) is 11.0. The first-order valence-electron chi connectivity index (χ1n) is 6.09. The quantitative estimate of drug-likeness (QED) is 0.553. The SMILES string of the molecule is C/C=C/CCNS(=O)(=O)N1CCCCC1C(=O)O. The molecule has 104 valence electrons. The first-order chi connectivity index (χ1) is 8.49. The minimum atomic E-state index is -3.69. The van der Waals surface area contributed by atoms with E-state index in [4.69, 9.17) is 5.11 Å². The summed E-state index contributed by atoms with van der Waals surface area (Å²) in [6.07, 6.45) is 6.14. The van der Waals surface area contributed by atoms with Crippen molar-refractivity contribution in [3.8, 4) is 0 Å². The van der Waals surface area contributed by atoms with Gasteiger partial charge in [0.15, 0.2) is 0 Å². The second kappa shape index (κ2) is 6.86. The maximum Gasteiger partial charge on any atom is 0.322 e. The fourth-order valence-electron chi connectivity index (χ4n) is 1.96. The monoisotopic (exact) mass is 276 g/mol. The van der Waals surface area contributed by atoms with Gasteiger partial charge in [0.1, 0.15) is 6.04 Å². The summed E-state index contributed by atoms with van der Waals surface area (Å²) in [5.41, 5.74) is 0. The van der Waals surface area contributed by atoms with Crippen LogP contribution in [-0.2, 0) is 15.0 Å². The Hall–Kier alpha value is -0.920. The normalized spacial score (nSPS) is 22.4. The van der Waals surface area contributed by atoms with Gasteiger partial charge in [-0.25, -0.2) is 4.72 Å². The van der Waals surface area contributed by atoms with Gasteiger partial charge in [-0.15, -0.1) is 0 Å². The van der Waals surface area contributed by atoms with Crippen LogP contribution in [0.4, 0.5) is 0 Å². The zero-order valence-electron chi connectivity index (χ0n) is 10.5. The van der Waals surface area contributed by atoms with Gasteiger partial charge in [-0.05, 0) is 32.6 Å². The van der Waals surface area contributed by atoms with Crippen LogP contribution in [0, 0.1) is 0 Å². The Morgan fingerprint density at radius 2 is 2.22 bits per heavy atom. The summed E-state index contributed by atoms with van der Waals surface area (Å²) in [5.74, 6) is -1.08. The van der Waals surface area contributed by atoms with E-state index in [1.807, 2.05) is 19.1 Å². The summed E-state index contributed by atoms with van der Waals surface area (Å²) in [5, 5.41) is 9.04. The fraction of sp³-hybridized carbons (Fsp3) is 0.727. The van der Waals surface area contributed by atoms with Crippen LogP contribution in [0.25, 0.3) is 0 Å². The van der Waals surface area contributed by atoms with Crippen molar-refractivity contribution in [2.45, 2.75) is 38.6 Å². The van der Waals surface area contributed by atoms with Crippen LogP contribution >= 0.6 is 0 Å². The van der Waals surface area contributed by atoms with Gasteiger partial charge in [0.05, 0.1) is 0 Å². The number of carbonyl (C=O) groups is 1. The number of nitrogens with zero attached hydrogens (tertiary/aromatic N) is 1. The minimum absolute atomic E-state index is 0.274. The second-order valence-corrected chi connectivity index (χ2v) is 5.93. The first kappa shape index (κ1) is 15.1. The topological polar surface area (TPSA) is 86.7 Å². The van der Waals surface area contributed by atoms with E-state index in [9.17, 15) is 13.2 Å². The Morgan fingerprint density at radius 3 is 2.83 bits per heavy atom. The molecule has 1 fully saturated rings. The molecule has 0 radical (unpaired) electrons. The molecule has 0 aliphatic carbocycles. The average molecular weight is 276 g/mol. The molecule has 0 amide bonds. The molecule has 0 aromatic rings. The summed E-state index contributed by atoms with van der Waals surface area (Å²) < 4.78 is 27.5. The smallest absolute Gasteiger partial charge is 0.322 e. The highest BCUT2D eigenvalue weighted by atomic mass is 32.2. The van der Waals surface area contributed by atoms with Crippen molar-refractivity contribution in [3.63, 3.8) is 0 Å². The molecule has 2 N–H and O–H groups in total. The van der Waals surface area contributed by atoms with Crippen molar-refractivity contribution in [2.75, 3.05) is 13.1 Å². The van der Waals surface area contributed by atoms with Crippen molar-refractivity contribution in [1.82, 2.24) is 9.03 Å². The van der Waals surface area contributed by atoms with E-state index < -0.39 is 22.2 Å². The minimum Gasteiger partial charge on any atom is -0.480 e. The molecule has 0 saturated carbocycles. The van der Waals surface area contributed by atoms with Crippen molar-refractivity contribution in [1.29, 1.82) is 0 Å². The lowest BCUT2D eigenvalue weighted by atomic mass is 10.1. The maximum atomic E-state index is 12.0. The van der Waals surface area contributed by atoms with Gasteiger partial charge in [-0.3, -0.25) is 4.79 Å². The van der Waals surface area contributed by atoms with Gasteiger partial charge in [-0.1, -0.05) is 12.2 Å². The maximum absolute atomic E-state index is 12.0. The molecular formula is C11H20N2O4S. The standard InChI is InChI=1S/C11H20N2O4S/c1-2-3-5-8-12-18(16,17)13-9-6-4-7-10(13)11(14)15/h2-3,10,12H,4-9H2,1H3,(H,14,15)/b3-2+. The van der Waals surface area contributed by atoms with Crippen molar-refractivity contribution in [3.05, 3.63) is 12.2 Å². The van der Waals surface area contributed by atoms with Crippen molar-refractivity contribution in [2.24, 2.45) is 0 Å². The predicted octanol–water partition coefficient (Wildman–Crippen LogP) is 0.726. The molecule has 1 rings (SSSR count). The third-order valence-corrected chi connectivity index (χ3v) is 4.50. The summed E-state index contributed by atoms with van der Waals surface area (Å²) >= 11 is 0. The number of aliphatic carboxylic acids is 1. The molecular weight excluding hydrogens is 256 g/mol. The van der Waals surface area contributed by atoms with Crippen LogP contribution in [0.15, 0.2) is 12.2 Å². The molecule has 1 saturated heterocycles. The molecule has 18 heavy (non-hydrogen) atoms. The van der Waals surface area contributed by atoms with Gasteiger partial charge >= 0.3 is 5.97 Å². The molecule has 1 aliphatic rings. The zero-order valence-corrected chi connectivity index (χ0v) is 11.3. The Kier molecular flexibility index (Phi) is 5.77. The lowest BCUT2D eigenvalue weighted by Crippen LogP contribution is -2.52. The van der Waals surface area contributed by atoms with Crippen molar-refractivity contribution >= 4 is 16.2 Å². The van der Waals surface area contributed by atoms with Gasteiger partial charge in [0.2, 0.25) is 0 Å². The summed E-state index contributed by atoms with van der Waals surface area (Å²) in [7, 11) is -3.69. The third-order valence-electron chi connectivity index (χ3n) is 2.88. The van der Waals surface area contributed by atoms with E-state index in [1.165, 1.54) is 0 Å². The van der Waals surface area contributed by atoms with Gasteiger partial charge in [0.25, 0.3) is 10.2 Å². The fourth-order valence-corrected chi connectivity index (χ4v) is 3.40. The van der Waals surface area contributed by atoms with Crippen LogP contribution < -0.4 is 4.72 Å². The number of carboxylic acid groups (broad SMARTS) is 1. The molecule has 7 heteroatoms. The Bertz CT molecular complexity index is 405. The summed E-state index contributed by atoms with van der Waals surface area (Å²) in [6, 6.07) is -0.932. The molecule has 0 bridgehead atoms. The number of carboxylic acids is 1. The second-order valence-electron chi connectivity index (χ2n) is 4.22. The molecule has 0 spiro atoms. The highest BCUT2D eigenvalue weighted by Gasteiger charge is 2.36.